The number of hydrogen-bond donors (Lipinski definition) is 2. The van der Waals surface area contributed by atoms with Crippen LogP contribution in [0.15, 0.2) is 77.7 Å². The monoisotopic (exact) mass is 585 g/mol. The Bertz CT molecular complexity index is 1390. The maximum Gasteiger partial charge on any atom is 0.446 e. The topological polar surface area (TPSA) is 101 Å². The molecule has 0 aliphatic heterocycles. The summed E-state index contributed by atoms with van der Waals surface area (Å²) in [6.45, 7) is 6.09. The number of hydrogen-bond acceptors (Lipinski definition) is 5. The number of carbonyl (C=O) groups is 4. The second-order valence-electron chi connectivity index (χ2n) is 10.5. The molecule has 0 heterocycles. The first-order valence-corrected chi connectivity index (χ1v) is 13.6. The second kappa shape index (κ2) is 13.2. The third-order valence-electron chi connectivity index (χ3n) is 6.35. The molecule has 41 heavy (non-hydrogen) atoms. The molecular formula is C31H30F3NO5S. The summed E-state index contributed by atoms with van der Waals surface area (Å²) in [5.41, 5.74) is -2.26. The highest BCUT2D eigenvalue weighted by Crippen LogP contribution is 2.37. The molecule has 0 bridgehead atoms. The lowest BCUT2D eigenvalue weighted by Crippen LogP contribution is -2.26. The van der Waals surface area contributed by atoms with E-state index in [1.165, 1.54) is 36.4 Å². The zero-order chi connectivity index (χ0) is 30.4. The van der Waals surface area contributed by atoms with Crippen molar-refractivity contribution in [2.24, 2.45) is 0 Å². The van der Waals surface area contributed by atoms with E-state index in [0.717, 1.165) is 5.56 Å². The van der Waals surface area contributed by atoms with Crippen molar-refractivity contribution in [1.82, 2.24) is 5.32 Å². The van der Waals surface area contributed by atoms with Gasteiger partial charge >= 0.3 is 11.5 Å². The fourth-order valence-corrected chi connectivity index (χ4v) is 4.63. The number of Topliss-reactive ketones (excluding diaryl/α,β-unsaturated/α-hetero) is 2. The van der Waals surface area contributed by atoms with Gasteiger partial charge in [-0.15, -0.1) is 0 Å². The van der Waals surface area contributed by atoms with E-state index in [4.69, 9.17) is 5.11 Å². The first-order chi connectivity index (χ1) is 19.1. The van der Waals surface area contributed by atoms with Crippen LogP contribution in [-0.4, -0.2) is 40.6 Å². The van der Waals surface area contributed by atoms with Crippen LogP contribution >= 0.6 is 11.8 Å². The van der Waals surface area contributed by atoms with Crippen LogP contribution in [-0.2, 0) is 10.2 Å². The van der Waals surface area contributed by atoms with Gasteiger partial charge in [-0.05, 0) is 52.6 Å². The minimum Gasteiger partial charge on any atom is -0.481 e. The third kappa shape index (κ3) is 9.31. The van der Waals surface area contributed by atoms with Crippen LogP contribution in [0.5, 0.6) is 0 Å². The van der Waals surface area contributed by atoms with Crippen molar-refractivity contribution in [3.63, 3.8) is 0 Å². The Morgan fingerprint density at radius 1 is 0.805 bits per heavy atom. The minimum atomic E-state index is -4.45. The molecule has 0 aromatic heterocycles. The number of nitrogens with one attached hydrogen (secondary N) is 1. The normalized spacial score (nSPS) is 12.4. The van der Waals surface area contributed by atoms with Crippen LogP contribution in [0.2, 0.25) is 0 Å². The van der Waals surface area contributed by atoms with Gasteiger partial charge in [0.2, 0.25) is 0 Å². The molecule has 216 valence electrons. The molecule has 3 aromatic rings. The summed E-state index contributed by atoms with van der Waals surface area (Å²) in [7, 11) is 0. The summed E-state index contributed by atoms with van der Waals surface area (Å²) < 4.78 is 38.0. The van der Waals surface area contributed by atoms with Crippen molar-refractivity contribution in [3.8, 4) is 0 Å². The van der Waals surface area contributed by atoms with Crippen LogP contribution in [0.4, 0.5) is 13.2 Å². The van der Waals surface area contributed by atoms with Crippen molar-refractivity contribution < 1.29 is 37.5 Å². The molecule has 2 N–H and O–H groups in total. The van der Waals surface area contributed by atoms with Crippen molar-refractivity contribution >= 4 is 35.2 Å². The average Bonchev–Trinajstić information content (AvgIpc) is 2.90. The van der Waals surface area contributed by atoms with Gasteiger partial charge in [0.15, 0.2) is 11.6 Å². The van der Waals surface area contributed by atoms with Crippen LogP contribution < -0.4 is 5.32 Å². The van der Waals surface area contributed by atoms with Gasteiger partial charge in [-0.25, -0.2) is 0 Å². The number of benzene rings is 3. The Morgan fingerprint density at radius 3 is 1.85 bits per heavy atom. The summed E-state index contributed by atoms with van der Waals surface area (Å²) in [5, 5.41) is 11.3. The van der Waals surface area contributed by atoms with E-state index < -0.39 is 29.1 Å². The highest BCUT2D eigenvalue weighted by atomic mass is 32.2. The molecule has 3 aromatic carbocycles. The molecule has 0 aliphatic rings. The molecular weight excluding hydrogens is 555 g/mol. The van der Waals surface area contributed by atoms with E-state index in [-0.39, 0.29) is 58.4 Å². The molecule has 1 amide bonds. The van der Waals surface area contributed by atoms with Crippen molar-refractivity contribution in [2.75, 3.05) is 6.54 Å². The van der Waals surface area contributed by atoms with Crippen molar-refractivity contribution in [2.45, 2.75) is 55.3 Å². The lowest BCUT2D eigenvalue weighted by Gasteiger charge is -2.20. The number of thioether (sulfide) groups is 1. The number of halogens is 3. The number of amides is 1. The first kappa shape index (κ1) is 31.6. The molecule has 0 aliphatic carbocycles. The number of alkyl halides is 3. The number of rotatable bonds is 11. The van der Waals surface area contributed by atoms with E-state index in [2.05, 4.69) is 5.32 Å². The summed E-state index contributed by atoms with van der Waals surface area (Å²) in [6.07, 6.45) is -0.470. The van der Waals surface area contributed by atoms with Crippen molar-refractivity contribution in [1.29, 1.82) is 0 Å². The molecule has 0 saturated carbocycles. The predicted octanol–water partition coefficient (Wildman–Crippen LogP) is 7.04. The molecule has 1 unspecified atom stereocenters. The largest absolute Gasteiger partial charge is 0.481 e. The molecule has 6 nitrogen and oxygen atoms in total. The summed E-state index contributed by atoms with van der Waals surface area (Å²) in [6, 6.07) is 18.3. The van der Waals surface area contributed by atoms with E-state index in [1.54, 1.807) is 24.3 Å². The van der Waals surface area contributed by atoms with Crippen LogP contribution in [0.25, 0.3) is 0 Å². The predicted molar refractivity (Wildman–Crippen MR) is 151 cm³/mol. The summed E-state index contributed by atoms with van der Waals surface area (Å²) in [5.74, 6) is -3.19. The standard InChI is InChI=1S/C31H30F3NO5S/c1-30(2,3)23-12-8-21(9-13-23)28(39)25(18-26(36)20-10-14-24(15-11-20)41-31(32,33)34)19-4-6-22(7-5-19)29(40)35-17-16-27(37)38/h4-15,25H,16-18H2,1-3H3,(H,35,40)(H,37,38). The Hall–Kier alpha value is -3.92. The first-order valence-electron chi connectivity index (χ1n) is 12.8. The lowest BCUT2D eigenvalue weighted by molar-refractivity contribution is -0.136. The molecule has 1 atom stereocenters. The van der Waals surface area contributed by atoms with Gasteiger partial charge in [-0.2, -0.15) is 13.2 Å². The lowest BCUT2D eigenvalue weighted by atomic mass is 9.83. The SMILES string of the molecule is CC(C)(C)c1ccc(C(=O)C(CC(=O)c2ccc(SC(F)(F)F)cc2)c2ccc(C(=O)NCCC(=O)O)cc2)cc1. The Labute approximate surface area is 240 Å². The number of carboxylic acid groups (broad SMARTS) is 1. The summed E-state index contributed by atoms with van der Waals surface area (Å²) >= 11 is -0.280. The Morgan fingerprint density at radius 2 is 1.34 bits per heavy atom. The quantitative estimate of drug-likeness (QED) is 0.185. The van der Waals surface area contributed by atoms with Crippen LogP contribution in [0, 0.1) is 0 Å². The molecule has 0 saturated heterocycles. The smallest absolute Gasteiger partial charge is 0.446 e. The van der Waals surface area contributed by atoms with E-state index in [9.17, 15) is 32.3 Å². The van der Waals surface area contributed by atoms with E-state index in [1.807, 2.05) is 32.9 Å². The molecule has 0 radical (unpaired) electrons. The van der Waals surface area contributed by atoms with Gasteiger partial charge < -0.3 is 10.4 Å². The van der Waals surface area contributed by atoms with Gasteiger partial charge in [0.1, 0.15) is 0 Å². The number of ketones is 2. The number of carboxylic acids is 1. The molecule has 3 rings (SSSR count). The van der Waals surface area contributed by atoms with Gasteiger partial charge in [-0.1, -0.05) is 69.3 Å². The zero-order valence-corrected chi connectivity index (χ0v) is 23.6. The van der Waals surface area contributed by atoms with E-state index >= 15 is 0 Å². The highest BCUT2D eigenvalue weighted by molar-refractivity contribution is 8.00. The fraction of sp³-hybridized carbons (Fsp3) is 0.290. The molecule has 10 heteroatoms. The van der Waals surface area contributed by atoms with Gasteiger partial charge in [-0.3, -0.25) is 19.2 Å². The number of carbonyl (C=O) groups excluding carboxylic acids is 3. The van der Waals surface area contributed by atoms with Gasteiger partial charge in [0.05, 0.1) is 12.3 Å². The van der Waals surface area contributed by atoms with Gasteiger partial charge in [0, 0.05) is 34.6 Å². The maximum atomic E-state index is 13.7. The third-order valence-corrected chi connectivity index (χ3v) is 7.09. The van der Waals surface area contributed by atoms with E-state index in [0.29, 0.717) is 11.1 Å². The van der Waals surface area contributed by atoms with Crippen LogP contribution in [0.1, 0.15) is 81.7 Å². The van der Waals surface area contributed by atoms with Crippen molar-refractivity contribution in [3.05, 3.63) is 101 Å². The number of aliphatic carboxylic acids is 1. The maximum absolute atomic E-state index is 13.7. The average molecular weight is 586 g/mol. The summed E-state index contributed by atoms with van der Waals surface area (Å²) in [4.78, 5) is 49.9. The molecule has 0 spiro atoms. The van der Waals surface area contributed by atoms with Crippen LogP contribution in [0.3, 0.4) is 0 Å². The highest BCUT2D eigenvalue weighted by Gasteiger charge is 2.30. The molecule has 0 fully saturated rings. The fourth-order valence-electron chi connectivity index (χ4n) is 4.10. The Kier molecular flexibility index (Phi) is 10.1. The zero-order valence-electron chi connectivity index (χ0n) is 22.7. The minimum absolute atomic E-state index is 0.0453. The van der Waals surface area contributed by atoms with Gasteiger partial charge in [0.25, 0.3) is 5.91 Å². The second-order valence-corrected chi connectivity index (χ2v) is 11.6. The Balaban J connectivity index is 1.87.